The van der Waals surface area contributed by atoms with E-state index in [9.17, 15) is 0 Å². The largest absolute Gasteiger partial charge is 0.383 e. The van der Waals surface area contributed by atoms with Crippen LogP contribution in [0.25, 0.3) is 0 Å². The van der Waals surface area contributed by atoms with E-state index < -0.39 is 0 Å². The van der Waals surface area contributed by atoms with Gasteiger partial charge in [0, 0.05) is 6.54 Å². The molecule has 0 heterocycles. The summed E-state index contributed by atoms with van der Waals surface area (Å²) in [6.45, 7) is 2.86. The van der Waals surface area contributed by atoms with Crippen LogP contribution in [0.3, 0.4) is 0 Å². The fourth-order valence-corrected chi connectivity index (χ4v) is 1.06. The van der Waals surface area contributed by atoms with Gasteiger partial charge < -0.3 is 5.32 Å². The Morgan fingerprint density at radius 3 is 2.62 bits per heavy atom. The first-order valence-corrected chi connectivity index (χ1v) is 4.26. The van der Waals surface area contributed by atoms with Crippen molar-refractivity contribution in [2.45, 2.75) is 13.3 Å². The minimum atomic E-state index is 0.123. The van der Waals surface area contributed by atoms with E-state index in [1.54, 1.807) is 18.2 Å². The summed E-state index contributed by atoms with van der Waals surface area (Å²) in [5.74, 6) is 0. The number of rotatable bonds is 4. The molecule has 72 valence electrons. The third-order valence-electron chi connectivity index (χ3n) is 1.68. The maximum Gasteiger partial charge on any atom is 0.117 e. The zero-order valence-electron chi connectivity index (χ0n) is 7.57. The average molecular weight is 182 g/mol. The highest BCUT2D eigenvalue weighted by atomic mass is 16.8. The van der Waals surface area contributed by atoms with Gasteiger partial charge in [-0.15, -0.1) is 5.23 Å². The van der Waals surface area contributed by atoms with Gasteiger partial charge in [0.1, 0.15) is 5.69 Å². The number of hydrogen-bond donors (Lipinski definition) is 3. The molecule has 0 aliphatic rings. The van der Waals surface area contributed by atoms with Crippen molar-refractivity contribution < 1.29 is 10.4 Å². The van der Waals surface area contributed by atoms with E-state index in [0.29, 0.717) is 11.4 Å². The normalized spacial score (nSPS) is 9.77. The van der Waals surface area contributed by atoms with E-state index in [4.69, 9.17) is 10.4 Å². The molecular formula is C9H14N2O2. The van der Waals surface area contributed by atoms with Crippen LogP contribution in [0.2, 0.25) is 0 Å². The summed E-state index contributed by atoms with van der Waals surface area (Å²) in [6.07, 6.45) is 0.991. The summed E-state index contributed by atoms with van der Waals surface area (Å²) >= 11 is 0. The van der Waals surface area contributed by atoms with Gasteiger partial charge in [-0.05, 0) is 18.6 Å². The summed E-state index contributed by atoms with van der Waals surface area (Å²) in [6, 6.07) is 7.00. The van der Waals surface area contributed by atoms with Crippen LogP contribution in [0.4, 0.5) is 11.4 Å². The Labute approximate surface area is 77.3 Å². The predicted octanol–water partition coefficient (Wildman–Crippen LogP) is 2.09. The van der Waals surface area contributed by atoms with Crippen molar-refractivity contribution in [2.24, 2.45) is 0 Å². The summed E-state index contributed by atoms with van der Waals surface area (Å²) < 4.78 is 0. The Bertz CT molecular complexity index is 264. The van der Waals surface area contributed by atoms with Gasteiger partial charge in [-0.2, -0.15) is 0 Å². The highest BCUT2D eigenvalue weighted by Crippen LogP contribution is 2.22. The molecule has 0 aliphatic heterocycles. The van der Waals surface area contributed by atoms with E-state index in [1.165, 1.54) is 0 Å². The Balaban J connectivity index is 2.78. The number of para-hydroxylation sites is 2. The third-order valence-corrected chi connectivity index (χ3v) is 1.68. The Kier molecular flexibility index (Phi) is 3.54. The lowest BCUT2D eigenvalue weighted by Gasteiger charge is -2.14. The molecule has 0 spiro atoms. The zero-order chi connectivity index (χ0) is 9.68. The van der Waals surface area contributed by atoms with E-state index in [0.717, 1.165) is 13.0 Å². The second-order valence-electron chi connectivity index (χ2n) is 2.73. The number of hydrogen-bond acceptors (Lipinski definition) is 4. The molecule has 0 amide bonds. The van der Waals surface area contributed by atoms with Crippen LogP contribution < -0.4 is 10.5 Å². The van der Waals surface area contributed by atoms with Gasteiger partial charge in [-0.3, -0.25) is 10.4 Å². The van der Waals surface area contributed by atoms with Crippen LogP contribution in [0, 0.1) is 0 Å². The van der Waals surface area contributed by atoms with Gasteiger partial charge in [0.25, 0.3) is 0 Å². The SMILES string of the molecule is CCCNc1ccccc1N(O)O. The Morgan fingerprint density at radius 2 is 2.00 bits per heavy atom. The molecular weight excluding hydrogens is 168 g/mol. The van der Waals surface area contributed by atoms with Gasteiger partial charge in [0.15, 0.2) is 0 Å². The van der Waals surface area contributed by atoms with Crippen molar-refractivity contribution in [2.75, 3.05) is 17.1 Å². The first kappa shape index (κ1) is 9.83. The highest BCUT2D eigenvalue weighted by molar-refractivity contribution is 5.67. The third kappa shape index (κ3) is 2.61. The lowest BCUT2D eigenvalue weighted by atomic mass is 10.2. The number of nitrogens with one attached hydrogen (secondary N) is 1. The second kappa shape index (κ2) is 4.69. The van der Waals surface area contributed by atoms with Gasteiger partial charge >= 0.3 is 0 Å². The molecule has 0 aliphatic carbocycles. The van der Waals surface area contributed by atoms with E-state index in [-0.39, 0.29) is 5.23 Å². The van der Waals surface area contributed by atoms with Crippen molar-refractivity contribution >= 4 is 11.4 Å². The molecule has 0 atom stereocenters. The number of benzene rings is 1. The Morgan fingerprint density at radius 1 is 1.31 bits per heavy atom. The molecule has 0 unspecified atom stereocenters. The zero-order valence-corrected chi connectivity index (χ0v) is 7.57. The molecule has 4 nitrogen and oxygen atoms in total. The van der Waals surface area contributed by atoms with Gasteiger partial charge in [-0.25, -0.2) is 0 Å². The molecule has 4 heteroatoms. The van der Waals surface area contributed by atoms with E-state index in [1.807, 2.05) is 13.0 Å². The monoisotopic (exact) mass is 182 g/mol. The van der Waals surface area contributed by atoms with Crippen LogP contribution in [0.1, 0.15) is 13.3 Å². The molecule has 1 rings (SSSR count). The molecule has 0 aromatic heterocycles. The van der Waals surface area contributed by atoms with Gasteiger partial charge in [0.2, 0.25) is 0 Å². The fraction of sp³-hybridized carbons (Fsp3) is 0.333. The minimum Gasteiger partial charge on any atom is -0.383 e. The summed E-state index contributed by atoms with van der Waals surface area (Å²) in [5.41, 5.74) is 1.07. The molecule has 3 N–H and O–H groups in total. The summed E-state index contributed by atoms with van der Waals surface area (Å²) in [4.78, 5) is 0. The standard InChI is InChI=1S/C9H14N2O2/c1-2-7-10-8-5-3-4-6-9(8)11(12)13/h3-6,10,12-13H,2,7H2,1H3. The fourth-order valence-electron chi connectivity index (χ4n) is 1.06. The highest BCUT2D eigenvalue weighted by Gasteiger charge is 2.04. The quantitative estimate of drug-likeness (QED) is 0.624. The minimum absolute atomic E-state index is 0.123. The summed E-state index contributed by atoms with van der Waals surface area (Å²) in [5, 5.41) is 20.9. The van der Waals surface area contributed by atoms with Crippen molar-refractivity contribution in [3.05, 3.63) is 24.3 Å². The topological polar surface area (TPSA) is 55.7 Å². The maximum absolute atomic E-state index is 8.85. The van der Waals surface area contributed by atoms with Crippen molar-refractivity contribution in [3.8, 4) is 0 Å². The van der Waals surface area contributed by atoms with E-state index in [2.05, 4.69) is 5.32 Å². The van der Waals surface area contributed by atoms with Crippen molar-refractivity contribution in [1.82, 2.24) is 0 Å². The molecule has 1 aromatic rings. The lowest BCUT2D eigenvalue weighted by molar-refractivity contribution is 0.0295. The van der Waals surface area contributed by atoms with Crippen LogP contribution in [-0.4, -0.2) is 17.0 Å². The van der Waals surface area contributed by atoms with Crippen molar-refractivity contribution in [1.29, 1.82) is 0 Å². The molecule has 0 saturated carbocycles. The first-order valence-electron chi connectivity index (χ1n) is 4.26. The van der Waals surface area contributed by atoms with Gasteiger partial charge in [0.05, 0.1) is 5.69 Å². The smallest absolute Gasteiger partial charge is 0.117 e. The molecule has 0 radical (unpaired) electrons. The average Bonchev–Trinajstić information content (AvgIpc) is 2.15. The predicted molar refractivity (Wildman–Crippen MR) is 51.3 cm³/mol. The van der Waals surface area contributed by atoms with Crippen molar-refractivity contribution in [3.63, 3.8) is 0 Å². The molecule has 0 saturated heterocycles. The lowest BCUT2D eigenvalue weighted by Crippen LogP contribution is -2.14. The molecule has 1 aromatic carbocycles. The Hall–Kier alpha value is -1.26. The van der Waals surface area contributed by atoms with Crippen LogP contribution in [0.15, 0.2) is 24.3 Å². The van der Waals surface area contributed by atoms with E-state index >= 15 is 0 Å². The first-order chi connectivity index (χ1) is 6.25. The number of nitrogens with zero attached hydrogens (tertiary/aromatic N) is 1. The molecule has 0 fully saturated rings. The second-order valence-corrected chi connectivity index (χ2v) is 2.73. The van der Waals surface area contributed by atoms with Crippen LogP contribution >= 0.6 is 0 Å². The summed E-state index contributed by atoms with van der Waals surface area (Å²) in [7, 11) is 0. The van der Waals surface area contributed by atoms with Crippen LogP contribution in [0.5, 0.6) is 0 Å². The van der Waals surface area contributed by atoms with Crippen LogP contribution in [-0.2, 0) is 0 Å². The number of anilines is 2. The van der Waals surface area contributed by atoms with Gasteiger partial charge in [-0.1, -0.05) is 19.1 Å². The maximum atomic E-state index is 8.85. The molecule has 13 heavy (non-hydrogen) atoms. The molecule has 0 bridgehead atoms.